The van der Waals surface area contributed by atoms with Crippen LogP contribution in [0.15, 0.2) is 79.1 Å². The second-order valence-electron chi connectivity index (χ2n) is 6.74. The first kappa shape index (κ1) is 18.4. The third-order valence-electron chi connectivity index (χ3n) is 4.60. The molecular weight excluding hydrogens is 364 g/mol. The van der Waals surface area contributed by atoms with Crippen LogP contribution < -0.4 is 5.32 Å². The molecule has 0 saturated heterocycles. The molecule has 29 heavy (non-hydrogen) atoms. The molecule has 4 rings (SSSR count). The molecule has 2 N–H and O–H groups in total. The van der Waals surface area contributed by atoms with Crippen LogP contribution in [0.4, 0.5) is 5.82 Å². The van der Waals surface area contributed by atoms with Crippen LogP contribution in [0.3, 0.4) is 0 Å². The lowest BCUT2D eigenvalue weighted by molar-refractivity contribution is 0.0697. The maximum absolute atomic E-state index is 11.2. The van der Waals surface area contributed by atoms with Gasteiger partial charge in [-0.15, -0.1) is 0 Å². The molecule has 2 aromatic carbocycles. The van der Waals surface area contributed by atoms with Crippen molar-refractivity contribution >= 4 is 11.8 Å². The number of carbonyl (C=O) groups is 1. The second kappa shape index (κ2) is 7.98. The van der Waals surface area contributed by atoms with Crippen LogP contribution in [0.25, 0.3) is 16.9 Å². The fourth-order valence-corrected chi connectivity index (χ4v) is 3.05. The lowest BCUT2D eigenvalue weighted by Gasteiger charge is -2.07. The molecule has 0 aliphatic rings. The van der Waals surface area contributed by atoms with Gasteiger partial charge in [0.15, 0.2) is 0 Å². The molecule has 4 aromatic rings. The van der Waals surface area contributed by atoms with Gasteiger partial charge < -0.3 is 10.4 Å². The molecule has 0 radical (unpaired) electrons. The number of carboxylic acids is 1. The SMILES string of the molecule is Cc1ccc(-c2nn(-c3ccccc3)cc2CNc2cc(C(=O)O)ccn2)cc1. The van der Waals surface area contributed by atoms with E-state index in [0.717, 1.165) is 22.5 Å². The molecule has 0 aliphatic heterocycles. The molecule has 0 bridgehead atoms. The van der Waals surface area contributed by atoms with Crippen molar-refractivity contribution in [1.82, 2.24) is 14.8 Å². The highest BCUT2D eigenvalue weighted by molar-refractivity contribution is 5.88. The molecule has 0 aliphatic carbocycles. The van der Waals surface area contributed by atoms with E-state index in [-0.39, 0.29) is 5.56 Å². The molecule has 144 valence electrons. The van der Waals surface area contributed by atoms with Crippen molar-refractivity contribution in [2.24, 2.45) is 0 Å². The largest absolute Gasteiger partial charge is 0.478 e. The molecule has 2 heterocycles. The Morgan fingerprint density at radius 1 is 1.07 bits per heavy atom. The van der Waals surface area contributed by atoms with Gasteiger partial charge in [0.2, 0.25) is 0 Å². The number of aromatic carboxylic acids is 1. The number of carboxylic acid groups (broad SMARTS) is 1. The third kappa shape index (κ3) is 4.16. The van der Waals surface area contributed by atoms with E-state index in [9.17, 15) is 9.90 Å². The van der Waals surface area contributed by atoms with Gasteiger partial charge in [0, 0.05) is 30.1 Å². The number of benzene rings is 2. The maximum atomic E-state index is 11.2. The quantitative estimate of drug-likeness (QED) is 0.510. The zero-order valence-electron chi connectivity index (χ0n) is 15.9. The summed E-state index contributed by atoms with van der Waals surface area (Å²) in [5.41, 5.74) is 5.23. The smallest absolute Gasteiger partial charge is 0.335 e. The molecule has 6 heteroatoms. The van der Waals surface area contributed by atoms with E-state index < -0.39 is 5.97 Å². The van der Waals surface area contributed by atoms with Gasteiger partial charge in [-0.1, -0.05) is 48.0 Å². The summed E-state index contributed by atoms with van der Waals surface area (Å²) in [5, 5.41) is 17.2. The Kier molecular flexibility index (Phi) is 5.07. The number of aromatic nitrogens is 3. The molecule has 0 saturated carbocycles. The van der Waals surface area contributed by atoms with E-state index in [1.165, 1.54) is 23.9 Å². The summed E-state index contributed by atoms with van der Waals surface area (Å²) in [7, 11) is 0. The van der Waals surface area contributed by atoms with Crippen LogP contribution in [0.5, 0.6) is 0 Å². The molecule has 2 aromatic heterocycles. The van der Waals surface area contributed by atoms with Crippen LogP contribution in [0.2, 0.25) is 0 Å². The van der Waals surface area contributed by atoms with Gasteiger partial charge in [0.25, 0.3) is 0 Å². The Hall–Kier alpha value is -3.93. The minimum Gasteiger partial charge on any atom is -0.478 e. The molecule has 6 nitrogen and oxygen atoms in total. The normalized spacial score (nSPS) is 10.7. The standard InChI is InChI=1S/C23H20N4O2/c1-16-7-9-17(10-8-16)22-19(15-27(26-22)20-5-3-2-4-6-20)14-25-21-13-18(23(28)29)11-12-24-21/h2-13,15H,14H2,1H3,(H,24,25)(H,28,29). The van der Waals surface area contributed by atoms with Crippen molar-refractivity contribution in [2.75, 3.05) is 5.32 Å². The van der Waals surface area contributed by atoms with E-state index in [4.69, 9.17) is 5.10 Å². The summed E-state index contributed by atoms with van der Waals surface area (Å²) in [6, 6.07) is 21.1. The predicted octanol–water partition coefficient (Wildman–Crippen LogP) is 4.55. The van der Waals surface area contributed by atoms with Crippen LogP contribution in [0, 0.1) is 6.92 Å². The fraction of sp³-hybridized carbons (Fsp3) is 0.0870. The van der Waals surface area contributed by atoms with Crippen LogP contribution >= 0.6 is 0 Å². The Morgan fingerprint density at radius 2 is 1.83 bits per heavy atom. The maximum Gasteiger partial charge on any atom is 0.335 e. The highest BCUT2D eigenvalue weighted by Crippen LogP contribution is 2.25. The van der Waals surface area contributed by atoms with Crippen LogP contribution in [0.1, 0.15) is 21.5 Å². The summed E-state index contributed by atoms with van der Waals surface area (Å²) in [6.07, 6.45) is 3.47. The van der Waals surface area contributed by atoms with Gasteiger partial charge in [-0.25, -0.2) is 14.5 Å². The van der Waals surface area contributed by atoms with Gasteiger partial charge in [-0.05, 0) is 31.2 Å². The number of aryl methyl sites for hydroxylation is 1. The van der Waals surface area contributed by atoms with E-state index in [1.807, 2.05) is 41.2 Å². The average Bonchev–Trinajstić information content (AvgIpc) is 3.18. The fourth-order valence-electron chi connectivity index (χ4n) is 3.05. The van der Waals surface area contributed by atoms with Gasteiger partial charge in [-0.3, -0.25) is 0 Å². The number of hydrogen-bond donors (Lipinski definition) is 2. The summed E-state index contributed by atoms with van der Waals surface area (Å²) < 4.78 is 1.85. The Bertz CT molecular complexity index is 1140. The number of pyridine rings is 1. The zero-order valence-corrected chi connectivity index (χ0v) is 15.9. The van der Waals surface area contributed by atoms with Crippen LogP contribution in [-0.4, -0.2) is 25.8 Å². The summed E-state index contributed by atoms with van der Waals surface area (Å²) in [4.78, 5) is 15.4. The van der Waals surface area contributed by atoms with E-state index in [0.29, 0.717) is 12.4 Å². The highest BCUT2D eigenvalue weighted by Gasteiger charge is 2.13. The Labute approximate surface area is 168 Å². The minimum absolute atomic E-state index is 0.196. The van der Waals surface area contributed by atoms with E-state index in [1.54, 1.807) is 0 Å². The van der Waals surface area contributed by atoms with Gasteiger partial charge in [0.05, 0.1) is 16.9 Å². The lowest BCUT2D eigenvalue weighted by Crippen LogP contribution is -2.04. The second-order valence-corrected chi connectivity index (χ2v) is 6.74. The van der Waals surface area contributed by atoms with Crippen molar-refractivity contribution in [1.29, 1.82) is 0 Å². The molecule has 0 amide bonds. The van der Waals surface area contributed by atoms with Gasteiger partial charge in [0.1, 0.15) is 5.82 Å². The minimum atomic E-state index is -0.979. The average molecular weight is 384 g/mol. The third-order valence-corrected chi connectivity index (χ3v) is 4.60. The van der Waals surface area contributed by atoms with Crippen molar-refractivity contribution in [3.63, 3.8) is 0 Å². The van der Waals surface area contributed by atoms with Crippen molar-refractivity contribution in [2.45, 2.75) is 13.5 Å². The number of hydrogen-bond acceptors (Lipinski definition) is 4. The zero-order chi connectivity index (χ0) is 20.2. The monoisotopic (exact) mass is 384 g/mol. The number of rotatable bonds is 6. The van der Waals surface area contributed by atoms with Crippen molar-refractivity contribution < 1.29 is 9.90 Å². The first-order valence-electron chi connectivity index (χ1n) is 9.24. The molecule has 0 unspecified atom stereocenters. The number of nitrogens with one attached hydrogen (secondary N) is 1. The van der Waals surface area contributed by atoms with Crippen molar-refractivity contribution in [3.05, 3.63) is 95.8 Å². The first-order valence-corrected chi connectivity index (χ1v) is 9.24. The highest BCUT2D eigenvalue weighted by atomic mass is 16.4. The number of para-hydroxylation sites is 1. The lowest BCUT2D eigenvalue weighted by atomic mass is 10.1. The summed E-state index contributed by atoms with van der Waals surface area (Å²) >= 11 is 0. The first-order chi connectivity index (χ1) is 14.1. The topological polar surface area (TPSA) is 80.0 Å². The molecule has 0 spiro atoms. The Morgan fingerprint density at radius 3 is 2.55 bits per heavy atom. The molecule has 0 atom stereocenters. The number of anilines is 1. The number of nitrogens with zero attached hydrogens (tertiary/aromatic N) is 3. The van der Waals surface area contributed by atoms with E-state index in [2.05, 4.69) is 41.5 Å². The van der Waals surface area contributed by atoms with Crippen molar-refractivity contribution in [3.8, 4) is 16.9 Å². The molecule has 0 fully saturated rings. The predicted molar refractivity (Wildman–Crippen MR) is 112 cm³/mol. The summed E-state index contributed by atoms with van der Waals surface area (Å²) in [6.45, 7) is 2.52. The summed E-state index contributed by atoms with van der Waals surface area (Å²) in [5.74, 6) is -0.472. The Balaban J connectivity index is 1.67. The van der Waals surface area contributed by atoms with E-state index >= 15 is 0 Å². The van der Waals surface area contributed by atoms with Gasteiger partial charge in [-0.2, -0.15) is 5.10 Å². The molecular formula is C23H20N4O2. The van der Waals surface area contributed by atoms with Crippen LogP contribution in [-0.2, 0) is 6.54 Å². The van der Waals surface area contributed by atoms with Gasteiger partial charge >= 0.3 is 5.97 Å².